The van der Waals surface area contributed by atoms with Crippen LogP contribution < -0.4 is 10.1 Å². The first-order valence-corrected chi connectivity index (χ1v) is 10.5. The number of anilines is 1. The topological polar surface area (TPSA) is 96.0 Å². The number of aryl methyl sites for hydroxylation is 1. The minimum absolute atomic E-state index is 0.0292. The van der Waals surface area contributed by atoms with E-state index in [1.54, 1.807) is 42.5 Å². The molecule has 1 N–H and O–H groups in total. The van der Waals surface area contributed by atoms with Crippen LogP contribution in [0.3, 0.4) is 0 Å². The lowest BCUT2D eigenvalue weighted by atomic mass is 10.1. The third-order valence-electron chi connectivity index (χ3n) is 5.24. The Morgan fingerprint density at radius 2 is 1.78 bits per heavy atom. The van der Waals surface area contributed by atoms with Crippen LogP contribution >= 0.6 is 0 Å². The molecule has 0 unspecified atom stereocenters. The molecule has 3 rings (SSSR count). The number of benzene rings is 2. The molecule has 2 aromatic rings. The van der Waals surface area contributed by atoms with Gasteiger partial charge in [0.25, 0.3) is 11.8 Å². The summed E-state index contributed by atoms with van der Waals surface area (Å²) in [6.45, 7) is 3.98. The molecule has 0 atom stereocenters. The standard InChI is InChI=1S/C24H27N3O5/c1-4-12-26(15-21(28)25-19-7-5-6-8-20(19)32-3)22(29)11-13-27-23(30)17-10-9-16(2)14-18(17)24(27)31/h5-10,14H,4,11-13,15H2,1-3H3,(H,25,28). The third-order valence-corrected chi connectivity index (χ3v) is 5.24. The molecule has 168 valence electrons. The monoisotopic (exact) mass is 437 g/mol. The Hall–Kier alpha value is -3.68. The number of methoxy groups -OCH3 is 1. The minimum Gasteiger partial charge on any atom is -0.495 e. The average Bonchev–Trinajstić information content (AvgIpc) is 3.01. The second-order valence-electron chi connectivity index (χ2n) is 7.62. The molecule has 2 aromatic carbocycles. The lowest BCUT2D eigenvalue weighted by Gasteiger charge is -2.23. The Morgan fingerprint density at radius 3 is 2.50 bits per heavy atom. The zero-order valence-electron chi connectivity index (χ0n) is 18.5. The van der Waals surface area contributed by atoms with Crippen molar-refractivity contribution in [3.8, 4) is 5.75 Å². The van der Waals surface area contributed by atoms with Crippen LogP contribution in [0.1, 0.15) is 46.0 Å². The van der Waals surface area contributed by atoms with Gasteiger partial charge < -0.3 is 15.0 Å². The van der Waals surface area contributed by atoms with Crippen LogP contribution in [0.2, 0.25) is 0 Å². The number of nitrogens with one attached hydrogen (secondary N) is 1. The molecule has 32 heavy (non-hydrogen) atoms. The second-order valence-corrected chi connectivity index (χ2v) is 7.62. The van der Waals surface area contributed by atoms with E-state index >= 15 is 0 Å². The summed E-state index contributed by atoms with van der Waals surface area (Å²) < 4.78 is 5.23. The summed E-state index contributed by atoms with van der Waals surface area (Å²) in [6.07, 6.45) is 0.617. The molecule has 4 amide bonds. The van der Waals surface area contributed by atoms with E-state index in [2.05, 4.69) is 5.32 Å². The fourth-order valence-electron chi connectivity index (χ4n) is 3.65. The third kappa shape index (κ3) is 4.96. The Bertz CT molecular complexity index is 1050. The largest absolute Gasteiger partial charge is 0.495 e. The summed E-state index contributed by atoms with van der Waals surface area (Å²) in [7, 11) is 1.51. The van der Waals surface area contributed by atoms with Crippen LogP contribution in [0.5, 0.6) is 5.75 Å². The Labute approximate surface area is 187 Å². The Morgan fingerprint density at radius 1 is 1.06 bits per heavy atom. The van der Waals surface area contributed by atoms with E-state index in [0.717, 1.165) is 10.5 Å². The SMILES string of the molecule is CCCN(CC(=O)Nc1ccccc1OC)C(=O)CCN1C(=O)c2ccc(C)cc2C1=O. The fraction of sp³-hybridized carbons (Fsp3) is 0.333. The van der Waals surface area contributed by atoms with Crippen LogP contribution in [0, 0.1) is 6.92 Å². The van der Waals surface area contributed by atoms with Crippen molar-refractivity contribution in [3.05, 3.63) is 59.2 Å². The average molecular weight is 437 g/mol. The molecular weight excluding hydrogens is 410 g/mol. The lowest BCUT2D eigenvalue weighted by Crippen LogP contribution is -2.41. The second kappa shape index (κ2) is 10.1. The Balaban J connectivity index is 1.61. The Kier molecular flexibility index (Phi) is 7.25. The van der Waals surface area contributed by atoms with E-state index in [9.17, 15) is 19.2 Å². The van der Waals surface area contributed by atoms with Gasteiger partial charge in [0.05, 0.1) is 30.5 Å². The normalized spacial score (nSPS) is 12.5. The highest BCUT2D eigenvalue weighted by atomic mass is 16.5. The summed E-state index contributed by atoms with van der Waals surface area (Å²) in [6, 6.07) is 12.1. The van der Waals surface area contributed by atoms with E-state index in [1.807, 2.05) is 13.8 Å². The molecule has 0 aliphatic carbocycles. The number of amides is 4. The quantitative estimate of drug-likeness (QED) is 0.609. The van der Waals surface area contributed by atoms with Gasteiger partial charge in [-0.15, -0.1) is 0 Å². The van der Waals surface area contributed by atoms with Gasteiger partial charge in [-0.05, 0) is 37.6 Å². The zero-order chi connectivity index (χ0) is 23.3. The maximum atomic E-state index is 12.8. The summed E-state index contributed by atoms with van der Waals surface area (Å²) in [5.74, 6) is -0.913. The summed E-state index contributed by atoms with van der Waals surface area (Å²) in [5.41, 5.74) is 2.13. The first kappa shape index (κ1) is 23.0. The van der Waals surface area contributed by atoms with E-state index in [0.29, 0.717) is 35.5 Å². The maximum Gasteiger partial charge on any atom is 0.261 e. The molecule has 0 spiro atoms. The van der Waals surface area contributed by atoms with Crippen LogP contribution in [0.15, 0.2) is 42.5 Å². The molecule has 0 fully saturated rings. The maximum absolute atomic E-state index is 12.8. The van der Waals surface area contributed by atoms with E-state index in [1.165, 1.54) is 12.0 Å². The fourth-order valence-corrected chi connectivity index (χ4v) is 3.65. The highest BCUT2D eigenvalue weighted by molar-refractivity contribution is 6.21. The summed E-state index contributed by atoms with van der Waals surface area (Å²) >= 11 is 0. The van der Waals surface area contributed by atoms with Crippen molar-refractivity contribution < 1.29 is 23.9 Å². The van der Waals surface area contributed by atoms with Gasteiger partial charge >= 0.3 is 0 Å². The molecule has 0 radical (unpaired) electrons. The number of fused-ring (bicyclic) bond motifs is 1. The molecule has 1 aliphatic heterocycles. The van der Waals surface area contributed by atoms with Crippen molar-refractivity contribution in [2.75, 3.05) is 32.1 Å². The summed E-state index contributed by atoms with van der Waals surface area (Å²) in [5, 5.41) is 2.76. The number of hydrogen-bond donors (Lipinski definition) is 1. The predicted molar refractivity (Wildman–Crippen MR) is 120 cm³/mol. The number of carbonyl (C=O) groups is 4. The zero-order valence-corrected chi connectivity index (χ0v) is 18.5. The molecular formula is C24H27N3O5. The summed E-state index contributed by atoms with van der Waals surface area (Å²) in [4.78, 5) is 53.1. The van der Waals surface area contributed by atoms with Crippen molar-refractivity contribution in [1.29, 1.82) is 0 Å². The van der Waals surface area contributed by atoms with Gasteiger partial charge in [-0.1, -0.05) is 30.7 Å². The number of imide groups is 1. The van der Waals surface area contributed by atoms with Gasteiger partial charge in [-0.3, -0.25) is 24.1 Å². The van der Waals surface area contributed by atoms with Crippen molar-refractivity contribution >= 4 is 29.3 Å². The molecule has 0 saturated heterocycles. The number of rotatable bonds is 9. The van der Waals surface area contributed by atoms with E-state index < -0.39 is 11.8 Å². The van der Waals surface area contributed by atoms with Crippen LogP contribution in [-0.4, -0.2) is 60.2 Å². The molecule has 0 saturated carbocycles. The van der Waals surface area contributed by atoms with Gasteiger partial charge in [0, 0.05) is 19.5 Å². The minimum atomic E-state index is -0.395. The van der Waals surface area contributed by atoms with Crippen molar-refractivity contribution in [2.24, 2.45) is 0 Å². The van der Waals surface area contributed by atoms with Crippen molar-refractivity contribution in [2.45, 2.75) is 26.7 Å². The molecule has 1 heterocycles. The van der Waals surface area contributed by atoms with Crippen molar-refractivity contribution in [3.63, 3.8) is 0 Å². The number of carbonyl (C=O) groups excluding carboxylic acids is 4. The highest BCUT2D eigenvalue weighted by Gasteiger charge is 2.35. The number of para-hydroxylation sites is 2. The lowest BCUT2D eigenvalue weighted by molar-refractivity contribution is -0.134. The number of ether oxygens (including phenoxy) is 1. The molecule has 0 bridgehead atoms. The van der Waals surface area contributed by atoms with Gasteiger partial charge in [0.2, 0.25) is 11.8 Å². The van der Waals surface area contributed by atoms with E-state index in [-0.39, 0.29) is 31.3 Å². The predicted octanol–water partition coefficient (Wildman–Crippen LogP) is 2.87. The van der Waals surface area contributed by atoms with Crippen molar-refractivity contribution in [1.82, 2.24) is 9.80 Å². The molecule has 1 aliphatic rings. The van der Waals surface area contributed by atoms with Crippen LogP contribution in [0.4, 0.5) is 5.69 Å². The van der Waals surface area contributed by atoms with Gasteiger partial charge in [-0.2, -0.15) is 0 Å². The number of hydrogen-bond acceptors (Lipinski definition) is 5. The number of nitrogens with zero attached hydrogens (tertiary/aromatic N) is 2. The molecule has 8 nitrogen and oxygen atoms in total. The molecule has 0 aromatic heterocycles. The van der Waals surface area contributed by atoms with Gasteiger partial charge in [0.15, 0.2) is 0 Å². The van der Waals surface area contributed by atoms with Gasteiger partial charge in [-0.25, -0.2) is 0 Å². The first-order chi connectivity index (χ1) is 15.3. The van der Waals surface area contributed by atoms with E-state index in [4.69, 9.17) is 4.74 Å². The smallest absolute Gasteiger partial charge is 0.261 e. The van der Waals surface area contributed by atoms with Gasteiger partial charge in [0.1, 0.15) is 5.75 Å². The van der Waals surface area contributed by atoms with Crippen LogP contribution in [-0.2, 0) is 9.59 Å². The molecule has 8 heteroatoms. The first-order valence-electron chi connectivity index (χ1n) is 10.5. The highest BCUT2D eigenvalue weighted by Crippen LogP contribution is 2.24. The van der Waals surface area contributed by atoms with Crippen LogP contribution in [0.25, 0.3) is 0 Å².